The monoisotopic (exact) mass is 341 g/mol. The molecule has 4 nitrogen and oxygen atoms in total. The van der Waals surface area contributed by atoms with Crippen LogP contribution in [0.2, 0.25) is 0 Å². The highest BCUT2D eigenvalue weighted by Crippen LogP contribution is 2.24. The minimum atomic E-state index is -0.660. The third-order valence-corrected chi connectivity index (χ3v) is 4.22. The van der Waals surface area contributed by atoms with Crippen molar-refractivity contribution in [1.29, 1.82) is 0 Å². The summed E-state index contributed by atoms with van der Waals surface area (Å²) < 4.78 is 11.1. The Morgan fingerprint density at radius 2 is 1.79 bits per heavy atom. The molecule has 0 aliphatic carbocycles. The van der Waals surface area contributed by atoms with Gasteiger partial charge in [0.25, 0.3) is 0 Å². The Hall–Kier alpha value is -2.21. The highest BCUT2D eigenvalue weighted by Gasteiger charge is 2.07. The first-order valence-corrected chi connectivity index (χ1v) is 8.62. The third-order valence-electron chi connectivity index (χ3n) is 3.40. The van der Waals surface area contributed by atoms with Gasteiger partial charge in [-0.25, -0.2) is 4.98 Å². The number of aromatic nitrogens is 1. The van der Waals surface area contributed by atoms with Crippen molar-refractivity contribution in [2.75, 3.05) is 13.2 Å². The van der Waals surface area contributed by atoms with Crippen molar-refractivity contribution in [3.8, 4) is 16.3 Å². The number of hydrogen-bond donors (Lipinski definition) is 1. The maximum Gasteiger partial charge on any atom is 0.123 e. The van der Waals surface area contributed by atoms with Gasteiger partial charge in [-0.3, -0.25) is 0 Å². The molecule has 0 bridgehead atoms. The molecule has 0 spiro atoms. The minimum absolute atomic E-state index is 0.200. The summed E-state index contributed by atoms with van der Waals surface area (Å²) in [7, 11) is 0. The Morgan fingerprint density at radius 3 is 2.50 bits per heavy atom. The summed E-state index contributed by atoms with van der Waals surface area (Å²) in [5.41, 5.74) is 2.15. The molecule has 5 heteroatoms. The second-order valence-corrected chi connectivity index (χ2v) is 6.22. The fourth-order valence-corrected chi connectivity index (χ4v) is 2.83. The summed E-state index contributed by atoms with van der Waals surface area (Å²) in [5.74, 6) is 0.720. The van der Waals surface area contributed by atoms with Crippen LogP contribution in [0.4, 0.5) is 0 Å². The van der Waals surface area contributed by atoms with Gasteiger partial charge in [0.05, 0.1) is 13.2 Å². The average Bonchev–Trinajstić information content (AvgIpc) is 3.16. The van der Waals surface area contributed by atoms with Gasteiger partial charge in [0.1, 0.15) is 23.5 Å². The Balaban J connectivity index is 1.40. The number of aliphatic hydroxyl groups excluding tert-OH is 1. The fourth-order valence-electron chi connectivity index (χ4n) is 2.19. The zero-order valence-corrected chi connectivity index (χ0v) is 14.0. The van der Waals surface area contributed by atoms with Crippen LogP contribution in [-0.2, 0) is 11.3 Å². The van der Waals surface area contributed by atoms with Crippen molar-refractivity contribution in [1.82, 2.24) is 4.98 Å². The van der Waals surface area contributed by atoms with Crippen LogP contribution in [0.1, 0.15) is 5.56 Å². The van der Waals surface area contributed by atoms with Crippen LogP contribution in [0.5, 0.6) is 5.75 Å². The zero-order chi connectivity index (χ0) is 16.6. The number of rotatable bonds is 8. The summed E-state index contributed by atoms with van der Waals surface area (Å²) in [6.07, 6.45) is 1.13. The van der Waals surface area contributed by atoms with Crippen molar-refractivity contribution in [2.24, 2.45) is 0 Å². The molecule has 0 aliphatic heterocycles. The molecule has 1 atom stereocenters. The van der Waals surface area contributed by atoms with Gasteiger partial charge in [-0.05, 0) is 29.8 Å². The van der Waals surface area contributed by atoms with E-state index >= 15 is 0 Å². The molecule has 0 unspecified atom stereocenters. The average molecular weight is 341 g/mol. The van der Waals surface area contributed by atoms with E-state index in [4.69, 9.17) is 9.47 Å². The summed E-state index contributed by atoms with van der Waals surface area (Å²) in [6.45, 7) is 0.928. The van der Waals surface area contributed by atoms with Gasteiger partial charge in [0.2, 0.25) is 0 Å². The summed E-state index contributed by atoms with van der Waals surface area (Å²) in [4.78, 5) is 4.27. The Kier molecular flexibility index (Phi) is 5.96. The van der Waals surface area contributed by atoms with E-state index in [2.05, 4.69) is 4.98 Å². The summed E-state index contributed by atoms with van der Waals surface area (Å²) >= 11 is 1.60. The molecule has 0 radical (unpaired) electrons. The number of hydrogen-bond acceptors (Lipinski definition) is 5. The lowest BCUT2D eigenvalue weighted by Gasteiger charge is -2.13. The van der Waals surface area contributed by atoms with Crippen LogP contribution < -0.4 is 4.74 Å². The smallest absolute Gasteiger partial charge is 0.123 e. The topological polar surface area (TPSA) is 51.6 Å². The highest BCUT2D eigenvalue weighted by atomic mass is 32.1. The van der Waals surface area contributed by atoms with Gasteiger partial charge in [-0.2, -0.15) is 0 Å². The molecule has 0 amide bonds. The van der Waals surface area contributed by atoms with Crippen molar-refractivity contribution in [3.63, 3.8) is 0 Å². The van der Waals surface area contributed by atoms with Crippen LogP contribution >= 0.6 is 11.3 Å². The third kappa shape index (κ3) is 4.89. The lowest BCUT2D eigenvalue weighted by Crippen LogP contribution is -2.23. The molecular weight excluding hydrogens is 322 g/mol. The van der Waals surface area contributed by atoms with E-state index in [1.807, 2.05) is 60.0 Å². The Morgan fingerprint density at radius 1 is 1.00 bits per heavy atom. The molecule has 1 N–H and O–H groups in total. The van der Waals surface area contributed by atoms with Crippen molar-refractivity contribution in [2.45, 2.75) is 12.7 Å². The van der Waals surface area contributed by atoms with Gasteiger partial charge in [0.15, 0.2) is 0 Å². The highest BCUT2D eigenvalue weighted by molar-refractivity contribution is 7.13. The van der Waals surface area contributed by atoms with E-state index in [-0.39, 0.29) is 13.2 Å². The number of thiazole rings is 1. The van der Waals surface area contributed by atoms with E-state index in [1.54, 1.807) is 17.5 Å². The van der Waals surface area contributed by atoms with E-state index in [1.165, 1.54) is 0 Å². The van der Waals surface area contributed by atoms with E-state index in [9.17, 15) is 5.11 Å². The van der Waals surface area contributed by atoms with Gasteiger partial charge < -0.3 is 14.6 Å². The molecule has 0 aliphatic rings. The summed E-state index contributed by atoms with van der Waals surface area (Å²) in [5, 5.41) is 12.9. The minimum Gasteiger partial charge on any atom is -0.491 e. The maximum atomic E-state index is 9.93. The number of ether oxygens (including phenoxy) is 2. The number of nitrogens with zero attached hydrogens (tertiary/aromatic N) is 1. The number of aliphatic hydroxyl groups is 1. The SMILES string of the molecule is O[C@H](COCc1ccccc1)COc1ccc(-c2nccs2)cc1. The maximum absolute atomic E-state index is 9.93. The molecule has 24 heavy (non-hydrogen) atoms. The van der Waals surface area contributed by atoms with Crippen molar-refractivity contribution < 1.29 is 14.6 Å². The van der Waals surface area contributed by atoms with Gasteiger partial charge in [-0.15, -0.1) is 11.3 Å². The quantitative estimate of drug-likeness (QED) is 0.678. The van der Waals surface area contributed by atoms with E-state index in [0.717, 1.165) is 21.9 Å². The lowest BCUT2D eigenvalue weighted by molar-refractivity contribution is 0.00549. The van der Waals surface area contributed by atoms with Gasteiger partial charge in [0, 0.05) is 17.1 Å². The predicted molar refractivity (Wildman–Crippen MR) is 95.1 cm³/mol. The first-order valence-electron chi connectivity index (χ1n) is 7.74. The molecule has 1 aromatic heterocycles. The van der Waals surface area contributed by atoms with Crippen molar-refractivity contribution >= 4 is 11.3 Å². The second-order valence-electron chi connectivity index (χ2n) is 5.33. The second kappa shape index (κ2) is 8.59. The van der Waals surface area contributed by atoms with Crippen LogP contribution in [-0.4, -0.2) is 29.4 Å². The van der Waals surface area contributed by atoms with E-state index < -0.39 is 6.10 Å². The van der Waals surface area contributed by atoms with Crippen LogP contribution in [0, 0.1) is 0 Å². The Bertz CT molecular complexity index is 714. The molecule has 124 valence electrons. The molecule has 2 aromatic carbocycles. The van der Waals surface area contributed by atoms with Crippen LogP contribution in [0.25, 0.3) is 10.6 Å². The van der Waals surface area contributed by atoms with Crippen molar-refractivity contribution in [3.05, 3.63) is 71.7 Å². The molecule has 1 heterocycles. The standard InChI is InChI=1S/C19H19NO3S/c21-17(13-22-12-15-4-2-1-3-5-15)14-23-18-8-6-16(7-9-18)19-20-10-11-24-19/h1-11,17,21H,12-14H2/t17-/m1/s1. The normalized spacial score (nSPS) is 12.0. The molecule has 0 fully saturated rings. The first kappa shape index (κ1) is 16.6. The largest absolute Gasteiger partial charge is 0.491 e. The number of benzene rings is 2. The van der Waals surface area contributed by atoms with Crippen LogP contribution in [0.3, 0.4) is 0 Å². The lowest BCUT2D eigenvalue weighted by atomic mass is 10.2. The molecule has 0 saturated carbocycles. The van der Waals surface area contributed by atoms with Crippen LogP contribution in [0.15, 0.2) is 66.2 Å². The first-order chi connectivity index (χ1) is 11.8. The summed E-state index contributed by atoms with van der Waals surface area (Å²) in [6, 6.07) is 17.6. The Labute approximate surface area is 145 Å². The van der Waals surface area contributed by atoms with Gasteiger partial charge in [-0.1, -0.05) is 30.3 Å². The zero-order valence-electron chi connectivity index (χ0n) is 13.2. The molecular formula is C19H19NO3S. The van der Waals surface area contributed by atoms with E-state index in [0.29, 0.717) is 6.61 Å². The van der Waals surface area contributed by atoms with Gasteiger partial charge >= 0.3 is 0 Å². The molecule has 0 saturated heterocycles. The predicted octanol–water partition coefficient (Wildman–Crippen LogP) is 3.77. The molecule has 3 aromatic rings. The molecule has 3 rings (SSSR count). The fraction of sp³-hybridized carbons (Fsp3) is 0.211.